The lowest BCUT2D eigenvalue weighted by atomic mass is 9.99. The molecular weight excluding hydrogens is 266 g/mol. The maximum atomic E-state index is 4.41. The Morgan fingerprint density at radius 1 is 1.40 bits per heavy atom. The van der Waals surface area contributed by atoms with Crippen LogP contribution in [0.25, 0.3) is 0 Å². The third-order valence-corrected chi connectivity index (χ3v) is 5.46. The van der Waals surface area contributed by atoms with E-state index in [9.17, 15) is 0 Å². The lowest BCUT2D eigenvalue weighted by molar-refractivity contribution is 0.578. The molecule has 0 radical (unpaired) electrons. The Kier molecular flexibility index (Phi) is 4.22. The predicted molar refractivity (Wildman–Crippen MR) is 84.3 cm³/mol. The van der Waals surface area contributed by atoms with E-state index in [1.165, 1.54) is 30.6 Å². The normalized spacial score (nSPS) is 16.1. The molecule has 2 heterocycles. The molecule has 0 aliphatic heterocycles. The van der Waals surface area contributed by atoms with Gasteiger partial charge in [-0.15, -0.1) is 11.3 Å². The average Bonchev–Trinajstić information content (AvgIpc) is 3.04. The van der Waals surface area contributed by atoms with Gasteiger partial charge in [0.1, 0.15) is 0 Å². The standard InChI is InChI=1S/C16H23N3S/c1-12(17-9-7-14-8-10-19(2)18-14)16-11-13-5-3-4-6-15(13)20-16/h8,10-12,17H,3-7,9H2,1-2H3. The van der Waals surface area contributed by atoms with Gasteiger partial charge < -0.3 is 5.32 Å². The lowest BCUT2D eigenvalue weighted by Gasteiger charge is -2.11. The van der Waals surface area contributed by atoms with Crippen molar-refractivity contribution in [2.24, 2.45) is 7.05 Å². The average molecular weight is 289 g/mol. The van der Waals surface area contributed by atoms with Crippen LogP contribution in [0, 0.1) is 0 Å². The minimum absolute atomic E-state index is 0.453. The smallest absolute Gasteiger partial charge is 0.0637 e. The number of hydrogen-bond acceptors (Lipinski definition) is 3. The van der Waals surface area contributed by atoms with Crippen molar-refractivity contribution in [1.82, 2.24) is 15.1 Å². The van der Waals surface area contributed by atoms with Gasteiger partial charge in [0.05, 0.1) is 5.69 Å². The fourth-order valence-corrected chi connectivity index (χ4v) is 4.13. The summed E-state index contributed by atoms with van der Waals surface area (Å²) in [6.45, 7) is 3.26. The molecule has 0 fully saturated rings. The zero-order valence-electron chi connectivity index (χ0n) is 12.4. The SMILES string of the molecule is CC(NCCc1ccn(C)n1)c1cc2c(s1)CCCC2. The molecule has 3 rings (SSSR count). The Bertz CT molecular complexity index is 547. The third kappa shape index (κ3) is 3.13. The number of nitrogens with zero attached hydrogens (tertiary/aromatic N) is 2. The van der Waals surface area contributed by atoms with Crippen LogP contribution in [0.3, 0.4) is 0 Å². The minimum Gasteiger partial charge on any atom is -0.309 e. The van der Waals surface area contributed by atoms with Crippen molar-refractivity contribution in [3.8, 4) is 0 Å². The van der Waals surface area contributed by atoms with Gasteiger partial charge in [0, 0.05) is 42.0 Å². The number of fused-ring (bicyclic) bond motifs is 1. The molecule has 1 aliphatic carbocycles. The summed E-state index contributed by atoms with van der Waals surface area (Å²) in [5.74, 6) is 0. The first-order chi connectivity index (χ1) is 9.72. The van der Waals surface area contributed by atoms with Gasteiger partial charge in [0.2, 0.25) is 0 Å². The van der Waals surface area contributed by atoms with E-state index < -0.39 is 0 Å². The van der Waals surface area contributed by atoms with E-state index in [2.05, 4.69) is 29.5 Å². The predicted octanol–water partition coefficient (Wildman–Crippen LogP) is 3.25. The molecule has 3 nitrogen and oxygen atoms in total. The number of rotatable bonds is 5. The number of nitrogens with one attached hydrogen (secondary N) is 1. The molecule has 0 saturated carbocycles. The highest BCUT2D eigenvalue weighted by Gasteiger charge is 2.16. The molecule has 1 unspecified atom stereocenters. The monoisotopic (exact) mass is 289 g/mol. The topological polar surface area (TPSA) is 29.9 Å². The molecule has 0 spiro atoms. The van der Waals surface area contributed by atoms with E-state index in [4.69, 9.17) is 0 Å². The van der Waals surface area contributed by atoms with Gasteiger partial charge in [-0.1, -0.05) is 0 Å². The summed E-state index contributed by atoms with van der Waals surface area (Å²) in [7, 11) is 1.97. The summed E-state index contributed by atoms with van der Waals surface area (Å²) in [5.41, 5.74) is 2.77. The zero-order chi connectivity index (χ0) is 13.9. The highest BCUT2D eigenvalue weighted by atomic mass is 32.1. The van der Waals surface area contributed by atoms with Gasteiger partial charge in [-0.2, -0.15) is 5.10 Å². The summed E-state index contributed by atoms with van der Waals surface area (Å²) >= 11 is 2.01. The Morgan fingerprint density at radius 2 is 2.25 bits per heavy atom. The Labute approximate surface area is 125 Å². The maximum Gasteiger partial charge on any atom is 0.0637 e. The van der Waals surface area contributed by atoms with Gasteiger partial charge >= 0.3 is 0 Å². The van der Waals surface area contributed by atoms with E-state index in [0.29, 0.717) is 6.04 Å². The zero-order valence-corrected chi connectivity index (χ0v) is 13.2. The third-order valence-electron chi connectivity index (χ3n) is 4.04. The number of aryl methyl sites for hydroxylation is 3. The van der Waals surface area contributed by atoms with E-state index >= 15 is 0 Å². The largest absolute Gasteiger partial charge is 0.309 e. The molecule has 0 amide bonds. The molecule has 0 bridgehead atoms. The highest BCUT2D eigenvalue weighted by Crippen LogP contribution is 2.32. The van der Waals surface area contributed by atoms with Crippen molar-refractivity contribution in [1.29, 1.82) is 0 Å². The van der Waals surface area contributed by atoms with Crippen LogP contribution in [-0.4, -0.2) is 16.3 Å². The van der Waals surface area contributed by atoms with Crippen LogP contribution in [0.4, 0.5) is 0 Å². The highest BCUT2D eigenvalue weighted by molar-refractivity contribution is 7.12. The molecule has 1 aliphatic rings. The lowest BCUT2D eigenvalue weighted by Crippen LogP contribution is -2.20. The molecule has 108 valence electrons. The van der Waals surface area contributed by atoms with Gasteiger partial charge in [0.15, 0.2) is 0 Å². The second kappa shape index (κ2) is 6.10. The maximum absolute atomic E-state index is 4.41. The molecule has 4 heteroatoms. The van der Waals surface area contributed by atoms with Crippen LogP contribution < -0.4 is 5.32 Å². The molecule has 1 atom stereocenters. The molecule has 0 saturated heterocycles. The molecular formula is C16H23N3S. The van der Waals surface area contributed by atoms with Gasteiger partial charge in [-0.3, -0.25) is 4.68 Å². The van der Waals surface area contributed by atoms with Crippen LogP contribution in [0.5, 0.6) is 0 Å². The van der Waals surface area contributed by atoms with Gasteiger partial charge in [0.25, 0.3) is 0 Å². The second-order valence-corrected chi connectivity index (χ2v) is 6.88. The van der Waals surface area contributed by atoms with Crippen molar-refractivity contribution < 1.29 is 0 Å². The van der Waals surface area contributed by atoms with Gasteiger partial charge in [-0.25, -0.2) is 0 Å². The summed E-state index contributed by atoms with van der Waals surface area (Å²) < 4.78 is 1.87. The second-order valence-electron chi connectivity index (χ2n) is 5.71. The minimum atomic E-state index is 0.453. The van der Waals surface area contributed by atoms with E-state index in [1.807, 2.05) is 29.3 Å². The molecule has 2 aromatic heterocycles. The molecule has 2 aromatic rings. The van der Waals surface area contributed by atoms with Crippen molar-refractivity contribution >= 4 is 11.3 Å². The number of hydrogen-bond donors (Lipinski definition) is 1. The van der Waals surface area contributed by atoms with Crippen molar-refractivity contribution in [2.75, 3.05) is 6.54 Å². The summed E-state index contributed by atoms with van der Waals surface area (Å²) in [6.07, 6.45) is 8.31. The van der Waals surface area contributed by atoms with Gasteiger partial charge in [-0.05, 0) is 50.3 Å². The first-order valence-electron chi connectivity index (χ1n) is 7.56. The van der Waals surface area contributed by atoms with Crippen LogP contribution in [-0.2, 0) is 26.3 Å². The van der Waals surface area contributed by atoms with Crippen LogP contribution in [0.1, 0.15) is 46.8 Å². The molecule has 0 aromatic carbocycles. The Morgan fingerprint density at radius 3 is 3.00 bits per heavy atom. The number of aromatic nitrogens is 2. The first-order valence-corrected chi connectivity index (χ1v) is 8.37. The Balaban J connectivity index is 1.53. The van der Waals surface area contributed by atoms with Crippen molar-refractivity contribution in [3.63, 3.8) is 0 Å². The fraction of sp³-hybridized carbons (Fsp3) is 0.562. The summed E-state index contributed by atoms with van der Waals surface area (Å²) in [5, 5.41) is 8.04. The quantitative estimate of drug-likeness (QED) is 0.915. The Hall–Kier alpha value is -1.13. The van der Waals surface area contributed by atoms with E-state index in [-0.39, 0.29) is 0 Å². The number of thiophene rings is 1. The van der Waals surface area contributed by atoms with Crippen molar-refractivity contribution in [2.45, 2.75) is 45.1 Å². The fourth-order valence-electron chi connectivity index (χ4n) is 2.84. The van der Waals surface area contributed by atoms with Crippen LogP contribution in [0.15, 0.2) is 18.3 Å². The summed E-state index contributed by atoms with van der Waals surface area (Å²) in [6, 6.07) is 4.97. The van der Waals surface area contributed by atoms with Crippen molar-refractivity contribution in [3.05, 3.63) is 39.3 Å². The molecule has 20 heavy (non-hydrogen) atoms. The van der Waals surface area contributed by atoms with E-state index in [0.717, 1.165) is 18.7 Å². The van der Waals surface area contributed by atoms with E-state index in [1.54, 1.807) is 10.4 Å². The van der Waals surface area contributed by atoms with Crippen LogP contribution in [0.2, 0.25) is 0 Å². The van der Waals surface area contributed by atoms with Crippen LogP contribution >= 0.6 is 11.3 Å². The first kappa shape index (κ1) is 13.8. The summed E-state index contributed by atoms with van der Waals surface area (Å²) in [4.78, 5) is 3.13. The molecule has 1 N–H and O–H groups in total.